The summed E-state index contributed by atoms with van der Waals surface area (Å²) < 4.78 is 0. The first-order valence-corrected chi connectivity index (χ1v) is 6.09. The van der Waals surface area contributed by atoms with E-state index < -0.39 is 0 Å². The molecule has 3 heteroatoms. The third-order valence-corrected chi connectivity index (χ3v) is 3.33. The third-order valence-electron chi connectivity index (χ3n) is 3.33. The molecule has 0 aliphatic heterocycles. The van der Waals surface area contributed by atoms with Crippen molar-refractivity contribution in [3.8, 4) is 0 Å². The second kappa shape index (κ2) is 4.73. The number of hydrogen-bond acceptors (Lipinski definition) is 1. The molecule has 0 bridgehead atoms. The minimum absolute atomic E-state index is 0.161. The van der Waals surface area contributed by atoms with Crippen molar-refractivity contribution >= 4 is 5.91 Å². The Labute approximate surface area is 96.6 Å². The van der Waals surface area contributed by atoms with E-state index in [0.29, 0.717) is 12.5 Å². The van der Waals surface area contributed by atoms with Crippen LogP contribution in [-0.4, -0.2) is 16.9 Å². The summed E-state index contributed by atoms with van der Waals surface area (Å²) in [6.07, 6.45) is 5.32. The van der Waals surface area contributed by atoms with Crippen LogP contribution in [0.5, 0.6) is 0 Å². The van der Waals surface area contributed by atoms with Gasteiger partial charge < -0.3 is 10.3 Å². The summed E-state index contributed by atoms with van der Waals surface area (Å²) in [7, 11) is 0. The lowest BCUT2D eigenvalue weighted by Gasteiger charge is -2.11. The zero-order valence-corrected chi connectivity index (χ0v) is 10.1. The van der Waals surface area contributed by atoms with Crippen molar-refractivity contribution in [2.75, 3.05) is 0 Å². The van der Waals surface area contributed by atoms with Crippen LogP contribution in [0.1, 0.15) is 42.6 Å². The van der Waals surface area contributed by atoms with Gasteiger partial charge in [0.2, 0.25) is 5.91 Å². The summed E-state index contributed by atoms with van der Waals surface area (Å²) in [6.45, 7) is 4.04. The van der Waals surface area contributed by atoms with Crippen LogP contribution in [0.3, 0.4) is 0 Å². The Morgan fingerprint density at radius 2 is 2.12 bits per heavy atom. The minimum Gasteiger partial charge on any atom is -0.362 e. The summed E-state index contributed by atoms with van der Waals surface area (Å²) in [4.78, 5) is 15.0. The molecule has 0 unspecified atom stereocenters. The molecule has 0 spiro atoms. The number of aryl methyl sites for hydroxylation is 2. The third kappa shape index (κ3) is 2.65. The number of aromatic amines is 1. The van der Waals surface area contributed by atoms with E-state index in [1.54, 1.807) is 0 Å². The van der Waals surface area contributed by atoms with Gasteiger partial charge in [0, 0.05) is 17.4 Å². The van der Waals surface area contributed by atoms with Crippen LogP contribution in [0.15, 0.2) is 6.07 Å². The molecule has 0 aromatic carbocycles. The van der Waals surface area contributed by atoms with Crippen LogP contribution in [-0.2, 0) is 11.2 Å². The second-order valence-corrected chi connectivity index (χ2v) is 4.83. The molecule has 16 heavy (non-hydrogen) atoms. The second-order valence-electron chi connectivity index (χ2n) is 4.83. The van der Waals surface area contributed by atoms with E-state index in [9.17, 15) is 4.79 Å². The number of nitrogens with one attached hydrogen (secondary N) is 2. The van der Waals surface area contributed by atoms with Crippen LogP contribution < -0.4 is 5.32 Å². The fraction of sp³-hybridized carbons (Fsp3) is 0.615. The van der Waals surface area contributed by atoms with Gasteiger partial charge in [-0.15, -0.1) is 0 Å². The maximum atomic E-state index is 11.8. The summed E-state index contributed by atoms with van der Waals surface area (Å²) in [5, 5.41) is 3.11. The molecule has 1 aromatic rings. The van der Waals surface area contributed by atoms with Gasteiger partial charge in [-0.1, -0.05) is 12.8 Å². The molecule has 1 heterocycles. The van der Waals surface area contributed by atoms with Crippen LogP contribution in [0.2, 0.25) is 0 Å². The monoisotopic (exact) mass is 220 g/mol. The number of rotatable bonds is 3. The Morgan fingerprint density at radius 3 is 2.69 bits per heavy atom. The highest BCUT2D eigenvalue weighted by Crippen LogP contribution is 2.18. The summed E-state index contributed by atoms with van der Waals surface area (Å²) >= 11 is 0. The highest BCUT2D eigenvalue weighted by molar-refractivity contribution is 5.79. The van der Waals surface area contributed by atoms with E-state index in [1.807, 2.05) is 13.8 Å². The standard InChI is InChI=1S/C13H20N2O/c1-9-7-11(10(2)14-9)8-13(16)15-12-5-3-4-6-12/h7,12,14H,3-6,8H2,1-2H3,(H,15,16). The quantitative estimate of drug-likeness (QED) is 0.806. The summed E-state index contributed by atoms with van der Waals surface area (Å²) in [6, 6.07) is 2.48. The molecule has 0 saturated heterocycles. The van der Waals surface area contributed by atoms with Crippen molar-refractivity contribution in [2.45, 2.75) is 52.0 Å². The van der Waals surface area contributed by atoms with E-state index in [1.165, 1.54) is 12.8 Å². The zero-order valence-electron chi connectivity index (χ0n) is 10.1. The average Bonchev–Trinajstić information content (AvgIpc) is 2.78. The maximum absolute atomic E-state index is 11.8. The van der Waals surface area contributed by atoms with E-state index >= 15 is 0 Å². The highest BCUT2D eigenvalue weighted by Gasteiger charge is 2.17. The number of amides is 1. The lowest BCUT2D eigenvalue weighted by atomic mass is 10.1. The van der Waals surface area contributed by atoms with Gasteiger partial charge in [-0.2, -0.15) is 0 Å². The largest absolute Gasteiger partial charge is 0.362 e. The Hall–Kier alpha value is -1.25. The van der Waals surface area contributed by atoms with Crippen molar-refractivity contribution in [2.24, 2.45) is 0 Å². The molecular weight excluding hydrogens is 200 g/mol. The van der Waals surface area contributed by atoms with Crippen molar-refractivity contribution in [1.82, 2.24) is 10.3 Å². The first-order valence-electron chi connectivity index (χ1n) is 6.09. The smallest absolute Gasteiger partial charge is 0.224 e. The molecule has 3 nitrogen and oxygen atoms in total. The molecule has 1 aliphatic carbocycles. The summed E-state index contributed by atoms with van der Waals surface area (Å²) in [5.74, 6) is 0.161. The highest BCUT2D eigenvalue weighted by atomic mass is 16.1. The number of carbonyl (C=O) groups is 1. The minimum atomic E-state index is 0.161. The molecule has 1 saturated carbocycles. The van der Waals surface area contributed by atoms with Crippen LogP contribution in [0.25, 0.3) is 0 Å². The van der Waals surface area contributed by atoms with E-state index in [4.69, 9.17) is 0 Å². The van der Waals surface area contributed by atoms with Crippen molar-refractivity contribution in [1.29, 1.82) is 0 Å². The Balaban J connectivity index is 1.89. The van der Waals surface area contributed by atoms with E-state index in [2.05, 4.69) is 16.4 Å². The number of hydrogen-bond donors (Lipinski definition) is 2. The van der Waals surface area contributed by atoms with Gasteiger partial charge in [0.25, 0.3) is 0 Å². The van der Waals surface area contributed by atoms with Gasteiger partial charge in [0.05, 0.1) is 6.42 Å². The fourth-order valence-corrected chi connectivity index (χ4v) is 2.49. The first kappa shape index (κ1) is 11.2. The topological polar surface area (TPSA) is 44.9 Å². The molecule has 1 fully saturated rings. The van der Waals surface area contributed by atoms with Gasteiger partial charge >= 0.3 is 0 Å². The average molecular weight is 220 g/mol. The van der Waals surface area contributed by atoms with Crippen molar-refractivity contribution < 1.29 is 4.79 Å². The van der Waals surface area contributed by atoms with Gasteiger partial charge in [-0.25, -0.2) is 0 Å². The molecule has 1 amide bonds. The number of aromatic nitrogens is 1. The first-order chi connectivity index (χ1) is 7.65. The normalized spacial score (nSPS) is 16.6. The molecule has 88 valence electrons. The van der Waals surface area contributed by atoms with Crippen LogP contribution in [0.4, 0.5) is 0 Å². The lowest BCUT2D eigenvalue weighted by Crippen LogP contribution is -2.33. The van der Waals surface area contributed by atoms with Crippen LogP contribution in [0, 0.1) is 13.8 Å². The molecule has 0 radical (unpaired) electrons. The Bertz CT molecular complexity index is 375. The molecule has 1 aliphatic rings. The van der Waals surface area contributed by atoms with E-state index in [-0.39, 0.29) is 5.91 Å². The Morgan fingerprint density at radius 1 is 1.44 bits per heavy atom. The Kier molecular flexibility index (Phi) is 3.32. The molecule has 2 rings (SSSR count). The number of carbonyl (C=O) groups excluding carboxylic acids is 1. The van der Waals surface area contributed by atoms with Gasteiger partial charge in [-0.05, 0) is 38.3 Å². The predicted molar refractivity (Wildman–Crippen MR) is 64.4 cm³/mol. The van der Waals surface area contributed by atoms with Crippen molar-refractivity contribution in [3.63, 3.8) is 0 Å². The molecule has 0 atom stereocenters. The van der Waals surface area contributed by atoms with Gasteiger partial charge in [0.15, 0.2) is 0 Å². The fourth-order valence-electron chi connectivity index (χ4n) is 2.49. The lowest BCUT2D eigenvalue weighted by molar-refractivity contribution is -0.121. The molecule has 2 N–H and O–H groups in total. The molecule has 1 aromatic heterocycles. The zero-order chi connectivity index (χ0) is 11.5. The van der Waals surface area contributed by atoms with E-state index in [0.717, 1.165) is 29.8 Å². The number of H-pyrrole nitrogens is 1. The maximum Gasteiger partial charge on any atom is 0.224 e. The summed E-state index contributed by atoms with van der Waals surface area (Å²) in [5.41, 5.74) is 3.35. The SMILES string of the molecule is Cc1cc(CC(=O)NC2CCCC2)c(C)[nH]1. The van der Waals surface area contributed by atoms with Gasteiger partial charge in [0.1, 0.15) is 0 Å². The van der Waals surface area contributed by atoms with Gasteiger partial charge in [-0.3, -0.25) is 4.79 Å². The predicted octanol–water partition coefficient (Wildman–Crippen LogP) is 2.23. The van der Waals surface area contributed by atoms with Crippen LogP contribution >= 0.6 is 0 Å². The molecular formula is C13H20N2O. The van der Waals surface area contributed by atoms with Crippen molar-refractivity contribution in [3.05, 3.63) is 23.0 Å².